The Morgan fingerprint density at radius 2 is 1.00 bits per heavy atom. The van der Waals surface area contributed by atoms with E-state index in [4.69, 9.17) is 0 Å². The van der Waals surface area contributed by atoms with Crippen LogP contribution in [0.4, 0.5) is 0 Å². The molecule has 0 fully saturated rings. The molecule has 0 saturated heterocycles. The van der Waals surface area contributed by atoms with Gasteiger partial charge in [-0.2, -0.15) is 0 Å². The smallest absolute Gasteiger partial charge is 0.0496 e. The Morgan fingerprint density at radius 1 is 0.650 bits per heavy atom. The summed E-state index contributed by atoms with van der Waals surface area (Å²) in [4.78, 5) is 0. The molecule has 3 aromatic rings. The number of aryl methyl sites for hydroxylation is 4. The third-order valence-corrected chi connectivity index (χ3v) is 4.55. The first-order valence-corrected chi connectivity index (χ1v) is 7.42. The van der Waals surface area contributed by atoms with Crippen molar-refractivity contribution >= 4 is 21.8 Å². The maximum atomic E-state index is 2.48. The highest BCUT2D eigenvalue weighted by Gasteiger charge is 2.14. The Balaban J connectivity index is 2.59. The zero-order valence-electron chi connectivity index (χ0n) is 13.3. The minimum atomic E-state index is 0.471. The van der Waals surface area contributed by atoms with E-state index in [1.807, 2.05) is 0 Å². The van der Waals surface area contributed by atoms with Crippen molar-refractivity contribution in [3.63, 3.8) is 0 Å². The molecule has 0 atom stereocenters. The molecule has 1 aromatic heterocycles. The highest BCUT2D eigenvalue weighted by molar-refractivity contribution is 6.09. The van der Waals surface area contributed by atoms with Gasteiger partial charge in [-0.3, -0.25) is 0 Å². The van der Waals surface area contributed by atoms with Gasteiger partial charge in [0.15, 0.2) is 0 Å². The number of benzene rings is 2. The molecule has 0 aliphatic carbocycles. The van der Waals surface area contributed by atoms with Crippen LogP contribution < -0.4 is 0 Å². The minimum Gasteiger partial charge on any atom is -0.338 e. The summed E-state index contributed by atoms with van der Waals surface area (Å²) in [6.45, 7) is 13.3. The molecule has 1 nitrogen and oxygen atoms in total. The predicted molar refractivity (Wildman–Crippen MR) is 88.8 cm³/mol. The molecule has 0 unspecified atom stereocenters. The Morgan fingerprint density at radius 3 is 1.35 bits per heavy atom. The summed E-state index contributed by atoms with van der Waals surface area (Å²) in [6.07, 6.45) is 0. The lowest BCUT2D eigenvalue weighted by atomic mass is 10.0. The third kappa shape index (κ3) is 1.76. The van der Waals surface area contributed by atoms with Gasteiger partial charge in [-0.05, 0) is 88.1 Å². The molecule has 1 heteroatoms. The molecule has 2 aromatic carbocycles. The Hall–Kier alpha value is -1.76. The normalized spacial score (nSPS) is 11.9. The van der Waals surface area contributed by atoms with Crippen LogP contribution in [0.15, 0.2) is 24.3 Å². The van der Waals surface area contributed by atoms with Gasteiger partial charge in [-0.15, -0.1) is 0 Å². The zero-order valence-corrected chi connectivity index (χ0v) is 13.3. The van der Waals surface area contributed by atoms with Gasteiger partial charge in [0.1, 0.15) is 0 Å². The van der Waals surface area contributed by atoms with Gasteiger partial charge in [-0.25, -0.2) is 0 Å². The first kappa shape index (κ1) is 13.2. The van der Waals surface area contributed by atoms with Crippen molar-refractivity contribution in [1.82, 2.24) is 4.57 Å². The van der Waals surface area contributed by atoms with E-state index >= 15 is 0 Å². The van der Waals surface area contributed by atoms with Crippen molar-refractivity contribution in [2.45, 2.75) is 47.6 Å². The van der Waals surface area contributed by atoms with E-state index in [-0.39, 0.29) is 0 Å². The first-order valence-electron chi connectivity index (χ1n) is 7.42. The molecular weight excluding hydrogens is 242 g/mol. The number of fused-ring (bicyclic) bond motifs is 3. The molecule has 20 heavy (non-hydrogen) atoms. The lowest BCUT2D eigenvalue weighted by molar-refractivity contribution is 0.642. The summed E-state index contributed by atoms with van der Waals surface area (Å²) in [5.41, 5.74) is 8.22. The molecule has 0 bridgehead atoms. The van der Waals surface area contributed by atoms with E-state index in [9.17, 15) is 0 Å². The number of hydrogen-bond acceptors (Lipinski definition) is 0. The molecular formula is C19H23N. The largest absolute Gasteiger partial charge is 0.338 e. The average Bonchev–Trinajstić information content (AvgIpc) is 2.64. The minimum absolute atomic E-state index is 0.471. The van der Waals surface area contributed by atoms with E-state index in [1.54, 1.807) is 0 Å². The second kappa shape index (κ2) is 4.37. The van der Waals surface area contributed by atoms with Crippen LogP contribution in [0, 0.1) is 27.7 Å². The molecule has 0 aliphatic heterocycles. The highest BCUT2D eigenvalue weighted by Crippen LogP contribution is 2.34. The number of rotatable bonds is 1. The lowest BCUT2D eigenvalue weighted by Gasteiger charge is -2.13. The van der Waals surface area contributed by atoms with Gasteiger partial charge in [0.05, 0.1) is 0 Å². The van der Waals surface area contributed by atoms with E-state index < -0.39 is 0 Å². The van der Waals surface area contributed by atoms with Gasteiger partial charge < -0.3 is 4.57 Å². The Kier molecular flexibility index (Phi) is 2.89. The van der Waals surface area contributed by atoms with Gasteiger partial charge in [-0.1, -0.05) is 0 Å². The molecule has 0 aliphatic rings. The maximum absolute atomic E-state index is 2.48. The Bertz CT molecular complexity index is 754. The van der Waals surface area contributed by atoms with E-state index in [1.165, 1.54) is 44.1 Å². The fourth-order valence-electron chi connectivity index (χ4n) is 3.12. The molecule has 1 heterocycles. The summed E-state index contributed by atoms with van der Waals surface area (Å²) in [5, 5.41) is 2.78. The first-order chi connectivity index (χ1) is 9.40. The number of aromatic nitrogens is 1. The van der Waals surface area contributed by atoms with Crippen molar-refractivity contribution in [3.8, 4) is 0 Å². The van der Waals surface area contributed by atoms with Crippen LogP contribution in [0.3, 0.4) is 0 Å². The van der Waals surface area contributed by atoms with Gasteiger partial charge in [0.25, 0.3) is 0 Å². The maximum Gasteiger partial charge on any atom is 0.0496 e. The summed E-state index contributed by atoms with van der Waals surface area (Å²) in [6, 6.07) is 9.85. The fourth-order valence-corrected chi connectivity index (χ4v) is 3.12. The molecule has 0 N–H and O–H groups in total. The van der Waals surface area contributed by atoms with Gasteiger partial charge in [0, 0.05) is 27.8 Å². The standard InChI is InChI=1S/C19H23N/c1-11(2)20-18-9-14(5)12(3)7-16(18)17-8-13(4)15(6)10-19(17)20/h7-11H,1-6H3. The third-order valence-electron chi connectivity index (χ3n) is 4.55. The molecule has 0 amide bonds. The monoisotopic (exact) mass is 265 g/mol. The van der Waals surface area contributed by atoms with Crippen molar-refractivity contribution in [2.75, 3.05) is 0 Å². The van der Waals surface area contributed by atoms with Crippen LogP contribution >= 0.6 is 0 Å². The fraction of sp³-hybridized carbons (Fsp3) is 0.368. The van der Waals surface area contributed by atoms with Crippen molar-refractivity contribution in [1.29, 1.82) is 0 Å². The molecule has 0 saturated carbocycles. The Labute approximate surface area is 121 Å². The second-order valence-corrected chi connectivity index (χ2v) is 6.37. The lowest BCUT2D eigenvalue weighted by Crippen LogP contribution is -2.00. The molecule has 3 rings (SSSR count). The second-order valence-electron chi connectivity index (χ2n) is 6.37. The van der Waals surface area contributed by atoms with Crippen LogP contribution in [0.2, 0.25) is 0 Å². The van der Waals surface area contributed by atoms with E-state index in [0.29, 0.717) is 6.04 Å². The predicted octanol–water partition coefficient (Wildman–Crippen LogP) is 5.61. The summed E-state index contributed by atoms with van der Waals surface area (Å²) in [5.74, 6) is 0. The van der Waals surface area contributed by atoms with Crippen LogP contribution in [-0.4, -0.2) is 4.57 Å². The molecule has 104 valence electrons. The highest BCUT2D eigenvalue weighted by atomic mass is 15.0. The van der Waals surface area contributed by atoms with Crippen LogP contribution in [0.1, 0.15) is 42.1 Å². The van der Waals surface area contributed by atoms with Crippen LogP contribution in [0.25, 0.3) is 21.8 Å². The SMILES string of the molecule is Cc1cc2c3cc(C)c(C)cc3n(C(C)C)c2cc1C. The average molecular weight is 265 g/mol. The van der Waals surface area contributed by atoms with Crippen molar-refractivity contribution in [2.24, 2.45) is 0 Å². The molecule has 0 radical (unpaired) electrons. The quantitative estimate of drug-likeness (QED) is 0.539. The topological polar surface area (TPSA) is 4.93 Å². The van der Waals surface area contributed by atoms with Crippen LogP contribution in [-0.2, 0) is 0 Å². The van der Waals surface area contributed by atoms with E-state index in [2.05, 4.69) is 70.4 Å². The zero-order chi connectivity index (χ0) is 14.6. The van der Waals surface area contributed by atoms with Crippen LogP contribution in [0.5, 0.6) is 0 Å². The summed E-state index contributed by atoms with van der Waals surface area (Å²) in [7, 11) is 0. The summed E-state index contributed by atoms with van der Waals surface area (Å²) >= 11 is 0. The molecule has 0 spiro atoms. The van der Waals surface area contributed by atoms with Gasteiger partial charge >= 0.3 is 0 Å². The van der Waals surface area contributed by atoms with Crippen molar-refractivity contribution in [3.05, 3.63) is 46.5 Å². The van der Waals surface area contributed by atoms with Crippen molar-refractivity contribution < 1.29 is 0 Å². The number of hydrogen-bond donors (Lipinski definition) is 0. The van der Waals surface area contributed by atoms with Gasteiger partial charge in [0.2, 0.25) is 0 Å². The number of nitrogens with zero attached hydrogens (tertiary/aromatic N) is 1. The van der Waals surface area contributed by atoms with E-state index in [0.717, 1.165) is 0 Å². The summed E-state index contributed by atoms with van der Waals surface area (Å²) < 4.78 is 2.48.